The molecule has 2 aromatic carbocycles. The molecule has 0 spiro atoms. The number of aromatic carboxylic acids is 1. The van der Waals surface area contributed by atoms with Crippen molar-refractivity contribution in [1.29, 1.82) is 0 Å². The molecule has 1 atom stereocenters. The van der Waals surface area contributed by atoms with Crippen LogP contribution in [0.3, 0.4) is 0 Å². The molecule has 2 N–H and O–H groups in total. The Morgan fingerprint density at radius 3 is 2.38 bits per heavy atom. The van der Waals surface area contributed by atoms with E-state index in [4.69, 9.17) is 5.53 Å². The molecule has 0 fully saturated rings. The lowest BCUT2D eigenvalue weighted by molar-refractivity contribution is -0.462. The predicted octanol–water partition coefficient (Wildman–Crippen LogP) is 4.69. The van der Waals surface area contributed by atoms with Crippen molar-refractivity contribution in [2.24, 2.45) is 5.11 Å². The fraction of sp³-hybridized carbons (Fsp3) is 0.167. The van der Waals surface area contributed by atoms with Gasteiger partial charge in [0.1, 0.15) is 31.2 Å². The molecule has 37 heavy (non-hydrogen) atoms. The normalized spacial score (nSPS) is 18.1. The number of azide groups is 1. The van der Waals surface area contributed by atoms with Crippen molar-refractivity contribution in [2.75, 3.05) is 33.1 Å². The Morgan fingerprint density at radius 2 is 1.81 bits per heavy atom. The molecule has 9 nitrogen and oxygen atoms in total. The van der Waals surface area contributed by atoms with Gasteiger partial charge in [-0.15, -0.1) is 0 Å². The van der Waals surface area contributed by atoms with Crippen LogP contribution in [0.5, 0.6) is 0 Å². The number of allylic oxidation sites excluding steroid dienone is 5. The zero-order valence-electron chi connectivity index (χ0n) is 20.0. The molecule has 13 heteroatoms. The standard InChI is InChI=1S/C24H19F3N5O4P/c1-31(2)11-5-7-13-15(9-11)37(35,36)16-10-12(32(3)4)6-8-14(16)17(13)18-19(24(33)34)20(25)22(27)23(21(18)26)29-30-28/h5-10H,1-4H3,(H-,33,34,35,36)/p+1. The summed E-state index contributed by atoms with van der Waals surface area (Å²) in [4.78, 5) is 27.4. The molecule has 2 aromatic rings. The number of rotatable bonds is 4. The highest BCUT2D eigenvalue weighted by Gasteiger charge is 2.43. The maximum absolute atomic E-state index is 15.8. The molecule has 0 saturated carbocycles. The molecule has 4 rings (SSSR count). The lowest BCUT2D eigenvalue weighted by Crippen LogP contribution is -2.25. The Labute approximate surface area is 208 Å². The monoisotopic (exact) mass is 530 g/mol. The van der Waals surface area contributed by atoms with Crippen LogP contribution in [0.1, 0.15) is 21.5 Å². The third-order valence-electron chi connectivity index (χ3n) is 6.09. The number of nitrogens with zero attached hydrogens (tertiary/aromatic N) is 5. The Kier molecular flexibility index (Phi) is 6.37. The van der Waals surface area contributed by atoms with E-state index >= 15 is 8.78 Å². The van der Waals surface area contributed by atoms with Gasteiger partial charge in [-0.2, -0.15) is 0 Å². The van der Waals surface area contributed by atoms with E-state index in [1.807, 2.05) is 0 Å². The number of halogens is 3. The minimum absolute atomic E-state index is 0.0548. The summed E-state index contributed by atoms with van der Waals surface area (Å²) in [6.45, 7) is 0. The summed E-state index contributed by atoms with van der Waals surface area (Å²) < 4.78 is 61.0. The van der Waals surface area contributed by atoms with E-state index in [-0.39, 0.29) is 27.3 Å². The Balaban J connectivity index is 2.28. The molecule has 1 aliphatic carbocycles. The van der Waals surface area contributed by atoms with Gasteiger partial charge in [-0.25, -0.2) is 22.5 Å². The molecule has 1 aliphatic heterocycles. The van der Waals surface area contributed by atoms with Crippen LogP contribution in [0.15, 0.2) is 52.4 Å². The fourth-order valence-corrected chi connectivity index (χ4v) is 6.18. The van der Waals surface area contributed by atoms with Crippen molar-refractivity contribution < 1.29 is 37.1 Å². The van der Waals surface area contributed by atoms with E-state index in [2.05, 4.69) is 10.0 Å². The van der Waals surface area contributed by atoms with Crippen LogP contribution in [0, 0.1) is 17.5 Å². The Morgan fingerprint density at radius 1 is 1.14 bits per heavy atom. The van der Waals surface area contributed by atoms with Gasteiger partial charge in [-0.05, 0) is 34.9 Å². The number of hydrogen-bond acceptors (Lipinski definition) is 4. The van der Waals surface area contributed by atoms with Gasteiger partial charge in [0.2, 0.25) is 0 Å². The van der Waals surface area contributed by atoms with Gasteiger partial charge in [-0.1, -0.05) is 11.2 Å². The van der Waals surface area contributed by atoms with Crippen LogP contribution in [-0.2, 0) is 4.57 Å². The fourth-order valence-electron chi connectivity index (χ4n) is 4.28. The molecule has 1 heterocycles. The number of anilines is 1. The highest BCUT2D eigenvalue weighted by atomic mass is 31.2. The maximum atomic E-state index is 15.8. The summed E-state index contributed by atoms with van der Waals surface area (Å²) >= 11 is 0. The number of carbonyl (C=O) groups is 1. The number of fused-ring (bicyclic) bond motifs is 2. The molecule has 190 valence electrons. The molecular weight excluding hydrogens is 510 g/mol. The average Bonchev–Trinajstić information content (AvgIpc) is 2.84. The third-order valence-corrected chi connectivity index (χ3v) is 8.14. The van der Waals surface area contributed by atoms with E-state index in [1.165, 1.54) is 24.3 Å². The molecule has 1 unspecified atom stereocenters. The topological polar surface area (TPSA) is 130 Å². The van der Waals surface area contributed by atoms with E-state index in [0.717, 1.165) is 0 Å². The second-order valence-electron chi connectivity index (χ2n) is 8.68. The van der Waals surface area contributed by atoms with Crippen molar-refractivity contribution in [3.05, 3.63) is 91.9 Å². The van der Waals surface area contributed by atoms with Gasteiger partial charge in [0.05, 0.1) is 10.6 Å². The largest absolute Gasteiger partial charge is 0.478 e. The molecule has 0 aromatic heterocycles. The zero-order chi connectivity index (χ0) is 27.4. The Hall–Kier alpha value is -4.11. The number of benzene rings is 2. The molecule has 0 bridgehead atoms. The first kappa shape index (κ1) is 26.0. The second-order valence-corrected chi connectivity index (χ2v) is 10.8. The van der Waals surface area contributed by atoms with Gasteiger partial charge in [0.25, 0.3) is 7.37 Å². The lowest BCUT2D eigenvalue weighted by atomic mass is 9.86. The average molecular weight is 530 g/mol. The molecule has 0 amide bonds. The summed E-state index contributed by atoms with van der Waals surface area (Å²) in [5.74, 6) is -7.51. The first-order chi connectivity index (χ1) is 17.3. The van der Waals surface area contributed by atoms with Crippen molar-refractivity contribution in [3.63, 3.8) is 0 Å². The second kappa shape index (κ2) is 9.08. The van der Waals surface area contributed by atoms with Crippen LogP contribution in [0.4, 0.5) is 24.5 Å². The van der Waals surface area contributed by atoms with Gasteiger partial charge in [0, 0.05) is 48.0 Å². The quantitative estimate of drug-likeness (QED) is 0.148. The SMILES string of the molecule is CN(C)c1ccc2c(c1)P(=O)(O)C1=CC(=[N+](C)C)C=CC1=C2c1c(F)c(N=[N+]=[N-])c(F)c(F)c1C(=O)O. The van der Waals surface area contributed by atoms with Crippen LogP contribution in [0.2, 0.25) is 0 Å². The van der Waals surface area contributed by atoms with Crippen LogP contribution < -0.4 is 10.2 Å². The van der Waals surface area contributed by atoms with E-state index in [0.29, 0.717) is 11.4 Å². The molecule has 2 aliphatic rings. The van der Waals surface area contributed by atoms with Gasteiger partial charge in [0.15, 0.2) is 17.3 Å². The van der Waals surface area contributed by atoms with Crippen molar-refractivity contribution in [1.82, 2.24) is 0 Å². The van der Waals surface area contributed by atoms with Crippen molar-refractivity contribution in [3.8, 4) is 0 Å². The number of carboxylic acids is 1. The van der Waals surface area contributed by atoms with E-state index < -0.39 is 47.6 Å². The smallest absolute Gasteiger partial charge is 0.339 e. The summed E-state index contributed by atoms with van der Waals surface area (Å²) in [6.07, 6.45) is 4.32. The minimum Gasteiger partial charge on any atom is -0.478 e. The van der Waals surface area contributed by atoms with Crippen LogP contribution >= 0.6 is 7.37 Å². The molecule has 0 saturated heterocycles. The minimum atomic E-state index is -4.35. The zero-order valence-corrected chi connectivity index (χ0v) is 20.9. The Bertz CT molecular complexity index is 1630. The lowest BCUT2D eigenvalue weighted by Gasteiger charge is -2.31. The summed E-state index contributed by atoms with van der Waals surface area (Å²) in [5, 5.41) is 12.4. The molecular formula is C24H20F3N5O4P+. The summed E-state index contributed by atoms with van der Waals surface area (Å²) in [5.41, 5.74) is 5.83. The first-order valence-corrected chi connectivity index (χ1v) is 12.3. The number of carboxylic acid groups (broad SMARTS) is 1. The third kappa shape index (κ3) is 3.95. The highest BCUT2D eigenvalue weighted by Crippen LogP contribution is 2.60. The highest BCUT2D eigenvalue weighted by molar-refractivity contribution is 7.71. The van der Waals surface area contributed by atoms with E-state index in [9.17, 15) is 23.7 Å². The summed E-state index contributed by atoms with van der Waals surface area (Å²) in [7, 11) is 2.42. The number of hydrogen-bond donors (Lipinski definition) is 2. The first-order valence-electron chi connectivity index (χ1n) is 10.7. The van der Waals surface area contributed by atoms with Gasteiger partial charge < -0.3 is 14.9 Å². The summed E-state index contributed by atoms with van der Waals surface area (Å²) in [6, 6.07) is 4.32. The van der Waals surface area contributed by atoms with E-state index in [1.54, 1.807) is 49.8 Å². The van der Waals surface area contributed by atoms with Gasteiger partial charge >= 0.3 is 5.97 Å². The van der Waals surface area contributed by atoms with Crippen LogP contribution in [-0.4, -0.2) is 54.4 Å². The van der Waals surface area contributed by atoms with Gasteiger partial charge in [-0.3, -0.25) is 4.57 Å². The van der Waals surface area contributed by atoms with Crippen molar-refractivity contribution >= 4 is 41.3 Å². The van der Waals surface area contributed by atoms with Crippen molar-refractivity contribution in [2.45, 2.75) is 0 Å². The van der Waals surface area contributed by atoms with Crippen LogP contribution in [0.25, 0.3) is 16.0 Å². The predicted molar refractivity (Wildman–Crippen MR) is 133 cm³/mol. The maximum Gasteiger partial charge on any atom is 0.339 e. The molecule has 0 radical (unpaired) electrons.